The third-order valence-electron chi connectivity index (χ3n) is 5.63. The normalized spacial score (nSPS) is 16.5. The molecule has 0 radical (unpaired) electrons. The third kappa shape index (κ3) is 4.38. The molecule has 0 bridgehead atoms. The van der Waals surface area contributed by atoms with Crippen LogP contribution in [0.5, 0.6) is 0 Å². The number of benzene rings is 2. The largest absolute Gasteiger partial charge is 0.347 e. The Morgan fingerprint density at radius 1 is 1.10 bits per heavy atom. The average Bonchev–Trinajstić information content (AvgIpc) is 3.25. The maximum Gasteiger partial charge on any atom is 0.217 e. The van der Waals surface area contributed by atoms with Crippen molar-refractivity contribution in [2.24, 2.45) is 0 Å². The molecule has 1 saturated heterocycles. The zero-order valence-corrected chi connectivity index (χ0v) is 16.5. The van der Waals surface area contributed by atoms with Crippen molar-refractivity contribution in [3.05, 3.63) is 83.9 Å². The van der Waals surface area contributed by atoms with Crippen LogP contribution in [-0.2, 0) is 16.9 Å². The summed E-state index contributed by atoms with van der Waals surface area (Å²) < 4.78 is 15.2. The van der Waals surface area contributed by atoms with Crippen LogP contribution in [-0.4, -0.2) is 33.7 Å². The number of amides is 1. The fourth-order valence-corrected chi connectivity index (χ4v) is 4.12. The summed E-state index contributed by atoms with van der Waals surface area (Å²) >= 11 is 0. The van der Waals surface area contributed by atoms with Gasteiger partial charge in [-0.3, -0.25) is 9.69 Å². The molecule has 4 rings (SSSR count). The van der Waals surface area contributed by atoms with Gasteiger partial charge in [-0.05, 0) is 54.3 Å². The molecule has 29 heavy (non-hydrogen) atoms. The smallest absolute Gasteiger partial charge is 0.217 e. The summed E-state index contributed by atoms with van der Waals surface area (Å²) in [6.07, 6.45) is 5.29. The fraction of sp³-hybridized carbons (Fsp3) is 0.304. The van der Waals surface area contributed by atoms with Gasteiger partial charge in [-0.15, -0.1) is 0 Å². The van der Waals surface area contributed by atoms with Crippen LogP contribution in [0.15, 0.2) is 67.0 Å². The number of carbonyl (C=O) groups excluding carboxylic acids is 1. The van der Waals surface area contributed by atoms with Crippen LogP contribution in [0.2, 0.25) is 0 Å². The minimum Gasteiger partial charge on any atom is -0.347 e. The molecule has 0 aliphatic carbocycles. The van der Waals surface area contributed by atoms with Crippen LogP contribution in [0.25, 0.3) is 5.69 Å². The molecular weight excluding hydrogens is 367 g/mol. The van der Waals surface area contributed by atoms with E-state index >= 15 is 0 Å². The van der Waals surface area contributed by atoms with Crippen molar-refractivity contribution in [1.29, 1.82) is 0 Å². The van der Waals surface area contributed by atoms with Gasteiger partial charge < -0.3 is 5.32 Å². The number of hydrogen-bond acceptors (Lipinski definition) is 3. The second-order valence-corrected chi connectivity index (χ2v) is 7.66. The third-order valence-corrected chi connectivity index (χ3v) is 5.63. The fourth-order valence-electron chi connectivity index (χ4n) is 4.12. The lowest BCUT2D eigenvalue weighted by Gasteiger charge is -2.42. The Hall–Kier alpha value is -2.99. The Morgan fingerprint density at radius 2 is 1.79 bits per heavy atom. The van der Waals surface area contributed by atoms with Crippen LogP contribution < -0.4 is 5.32 Å². The number of rotatable bonds is 5. The molecule has 1 aliphatic rings. The summed E-state index contributed by atoms with van der Waals surface area (Å²) in [6, 6.07) is 16.8. The Kier molecular flexibility index (Phi) is 5.45. The second-order valence-electron chi connectivity index (χ2n) is 7.66. The van der Waals surface area contributed by atoms with Crippen molar-refractivity contribution in [2.45, 2.75) is 31.8 Å². The number of nitrogens with one attached hydrogen (secondary N) is 1. The minimum absolute atomic E-state index is 0.0583. The van der Waals surface area contributed by atoms with E-state index in [0.717, 1.165) is 43.7 Å². The maximum absolute atomic E-state index is 13.4. The van der Waals surface area contributed by atoms with Gasteiger partial charge in [-0.1, -0.05) is 24.3 Å². The SMILES string of the molecule is CC(=O)NC1(c2ccc(F)cc2)CCN(Cc2ccc(-n3cccn3)cc2)CC1. The molecule has 1 aliphatic heterocycles. The van der Waals surface area contributed by atoms with Gasteiger partial charge in [0.05, 0.1) is 11.2 Å². The van der Waals surface area contributed by atoms with Crippen LogP contribution >= 0.6 is 0 Å². The Bertz CT molecular complexity index is 944. The van der Waals surface area contributed by atoms with Gasteiger partial charge in [0, 0.05) is 39.0 Å². The molecule has 1 N–H and O–H groups in total. The first kappa shape index (κ1) is 19.3. The van der Waals surface area contributed by atoms with E-state index in [1.807, 2.05) is 16.9 Å². The zero-order valence-electron chi connectivity index (χ0n) is 16.5. The van der Waals surface area contributed by atoms with Crippen molar-refractivity contribution >= 4 is 5.91 Å². The summed E-state index contributed by atoms with van der Waals surface area (Å²) in [4.78, 5) is 14.2. The quantitative estimate of drug-likeness (QED) is 0.721. The van der Waals surface area contributed by atoms with Gasteiger partial charge in [0.15, 0.2) is 0 Å². The van der Waals surface area contributed by atoms with Crippen LogP contribution in [0, 0.1) is 5.82 Å². The predicted molar refractivity (Wildman–Crippen MR) is 110 cm³/mol. The van der Waals surface area contributed by atoms with Gasteiger partial charge in [-0.2, -0.15) is 5.10 Å². The molecule has 6 heteroatoms. The first-order valence-corrected chi connectivity index (χ1v) is 9.90. The van der Waals surface area contributed by atoms with E-state index in [-0.39, 0.29) is 11.7 Å². The standard InChI is InChI=1S/C23H25FN4O/c1-18(29)26-23(20-5-7-21(24)8-6-20)11-15-27(16-12-23)17-19-3-9-22(10-4-19)28-14-2-13-25-28/h2-10,13-14H,11-12,15-17H2,1H3,(H,26,29). The molecule has 1 aromatic heterocycles. The van der Waals surface area contributed by atoms with Crippen molar-refractivity contribution in [3.63, 3.8) is 0 Å². The molecule has 3 aromatic rings. The lowest BCUT2D eigenvalue weighted by Crippen LogP contribution is -2.52. The summed E-state index contributed by atoms with van der Waals surface area (Å²) in [5, 5.41) is 7.39. The van der Waals surface area contributed by atoms with E-state index in [2.05, 4.69) is 39.6 Å². The molecule has 0 saturated carbocycles. The van der Waals surface area contributed by atoms with Crippen LogP contribution in [0.3, 0.4) is 0 Å². The number of likely N-dealkylation sites (tertiary alicyclic amines) is 1. The zero-order chi connectivity index (χ0) is 20.3. The summed E-state index contributed by atoms with van der Waals surface area (Å²) in [5.41, 5.74) is 2.82. The van der Waals surface area contributed by atoms with E-state index in [0.29, 0.717) is 0 Å². The monoisotopic (exact) mass is 392 g/mol. The van der Waals surface area contributed by atoms with Gasteiger partial charge in [0.1, 0.15) is 5.82 Å². The van der Waals surface area contributed by atoms with Crippen molar-refractivity contribution in [1.82, 2.24) is 20.0 Å². The molecular formula is C23H25FN4O. The number of aromatic nitrogens is 2. The average molecular weight is 392 g/mol. The molecule has 1 amide bonds. The molecule has 0 unspecified atom stereocenters. The van der Waals surface area contributed by atoms with E-state index in [1.165, 1.54) is 17.7 Å². The van der Waals surface area contributed by atoms with Crippen LogP contribution in [0.1, 0.15) is 30.9 Å². The van der Waals surface area contributed by atoms with E-state index < -0.39 is 5.54 Å². The highest BCUT2D eigenvalue weighted by atomic mass is 19.1. The molecule has 2 aromatic carbocycles. The lowest BCUT2D eigenvalue weighted by molar-refractivity contribution is -0.121. The van der Waals surface area contributed by atoms with E-state index in [1.54, 1.807) is 25.3 Å². The van der Waals surface area contributed by atoms with E-state index in [4.69, 9.17) is 0 Å². The second kappa shape index (κ2) is 8.17. The molecule has 150 valence electrons. The van der Waals surface area contributed by atoms with Crippen molar-refractivity contribution in [2.75, 3.05) is 13.1 Å². The highest BCUT2D eigenvalue weighted by molar-refractivity contribution is 5.74. The Balaban J connectivity index is 1.43. The van der Waals surface area contributed by atoms with Crippen molar-refractivity contribution < 1.29 is 9.18 Å². The molecule has 0 spiro atoms. The molecule has 0 atom stereocenters. The maximum atomic E-state index is 13.4. The minimum atomic E-state index is -0.431. The first-order chi connectivity index (χ1) is 14.0. The number of piperidine rings is 1. The highest BCUT2D eigenvalue weighted by Crippen LogP contribution is 2.33. The van der Waals surface area contributed by atoms with E-state index in [9.17, 15) is 9.18 Å². The Labute approximate surface area is 170 Å². The molecule has 1 fully saturated rings. The number of nitrogens with zero attached hydrogens (tertiary/aromatic N) is 3. The number of halogens is 1. The number of carbonyl (C=O) groups is 1. The van der Waals surface area contributed by atoms with Gasteiger partial charge in [0.2, 0.25) is 5.91 Å². The van der Waals surface area contributed by atoms with Crippen LogP contribution in [0.4, 0.5) is 4.39 Å². The van der Waals surface area contributed by atoms with Crippen molar-refractivity contribution in [3.8, 4) is 5.69 Å². The predicted octanol–water partition coefficient (Wildman–Crippen LogP) is 3.64. The van der Waals surface area contributed by atoms with Gasteiger partial charge in [0.25, 0.3) is 0 Å². The highest BCUT2D eigenvalue weighted by Gasteiger charge is 2.36. The van der Waals surface area contributed by atoms with Gasteiger partial charge >= 0.3 is 0 Å². The summed E-state index contributed by atoms with van der Waals surface area (Å²) in [6.45, 7) is 4.12. The Morgan fingerprint density at radius 3 is 2.38 bits per heavy atom. The topological polar surface area (TPSA) is 50.2 Å². The lowest BCUT2D eigenvalue weighted by atomic mass is 9.80. The van der Waals surface area contributed by atoms with Gasteiger partial charge in [-0.25, -0.2) is 9.07 Å². The number of hydrogen-bond donors (Lipinski definition) is 1. The summed E-state index contributed by atoms with van der Waals surface area (Å²) in [5.74, 6) is -0.320. The molecule has 2 heterocycles. The molecule has 5 nitrogen and oxygen atoms in total. The first-order valence-electron chi connectivity index (χ1n) is 9.90. The summed E-state index contributed by atoms with van der Waals surface area (Å²) in [7, 11) is 0.